The predicted molar refractivity (Wildman–Crippen MR) is 182 cm³/mol. The van der Waals surface area contributed by atoms with Crippen LogP contribution in [0.4, 0.5) is 0 Å². The van der Waals surface area contributed by atoms with E-state index in [9.17, 15) is 19.8 Å². The van der Waals surface area contributed by atoms with Crippen LogP contribution in [0.1, 0.15) is 139 Å². The first kappa shape index (κ1) is 35.8. The van der Waals surface area contributed by atoms with Crippen LogP contribution in [0.3, 0.4) is 0 Å². The van der Waals surface area contributed by atoms with Gasteiger partial charge in [0, 0.05) is 85.5 Å². The van der Waals surface area contributed by atoms with Crippen LogP contribution in [-0.4, -0.2) is 70.8 Å². The fourth-order valence-corrected chi connectivity index (χ4v) is 5.92. The lowest BCUT2D eigenvalue weighted by molar-refractivity contribution is 0.0885. The van der Waals surface area contributed by atoms with Crippen LogP contribution in [0, 0.1) is 0 Å². The van der Waals surface area contributed by atoms with Gasteiger partial charge in [-0.15, -0.1) is 0 Å². The topological polar surface area (TPSA) is 81.1 Å². The van der Waals surface area contributed by atoms with E-state index < -0.39 is 0 Å². The molecule has 0 radical (unpaired) electrons. The lowest BCUT2D eigenvalue weighted by Gasteiger charge is -2.34. The summed E-state index contributed by atoms with van der Waals surface area (Å²) in [6.07, 6.45) is 0.868. The maximum atomic E-state index is 13.4. The normalized spacial score (nSPS) is 15.9. The minimum Gasteiger partial charge on any atom is -0.507 e. The van der Waals surface area contributed by atoms with Crippen LogP contribution in [0.2, 0.25) is 0 Å². The summed E-state index contributed by atoms with van der Waals surface area (Å²) in [6, 6.07) is 7.52. The molecule has 0 saturated carbocycles. The Bertz CT molecular complexity index is 1180. The maximum Gasteiger partial charge on any atom is 0.164 e. The maximum absolute atomic E-state index is 13.4. The number of piperazine rings is 1. The zero-order chi connectivity index (χ0) is 33.4. The number of carbonyl (C=O) groups excluding carboxylic acids is 2. The first-order chi connectivity index (χ1) is 20.0. The monoisotopic (exact) mass is 606 g/mol. The molecule has 1 fully saturated rings. The fourth-order valence-electron chi connectivity index (χ4n) is 5.92. The second kappa shape index (κ2) is 13.0. The number of benzene rings is 2. The van der Waals surface area contributed by atoms with Crippen molar-refractivity contribution in [2.24, 2.45) is 0 Å². The van der Waals surface area contributed by atoms with Gasteiger partial charge in [0.1, 0.15) is 11.5 Å². The third-order valence-electron chi connectivity index (χ3n) is 8.87. The number of rotatable bonds is 8. The quantitative estimate of drug-likeness (QED) is 0.299. The van der Waals surface area contributed by atoms with Gasteiger partial charge in [0.15, 0.2) is 11.6 Å². The van der Waals surface area contributed by atoms with Crippen molar-refractivity contribution in [3.8, 4) is 11.5 Å². The molecule has 2 N–H and O–H groups in total. The van der Waals surface area contributed by atoms with Crippen LogP contribution in [0.15, 0.2) is 24.3 Å². The number of aromatic hydroxyl groups is 2. The van der Waals surface area contributed by atoms with Gasteiger partial charge in [-0.2, -0.15) is 0 Å². The number of phenolic OH excluding ortho intramolecular Hbond substituents is 2. The van der Waals surface area contributed by atoms with Gasteiger partial charge in [-0.3, -0.25) is 9.59 Å². The Kier molecular flexibility index (Phi) is 10.5. The first-order valence-corrected chi connectivity index (χ1v) is 16.3. The third kappa shape index (κ3) is 8.72. The van der Waals surface area contributed by atoms with Gasteiger partial charge in [0.05, 0.1) is 0 Å². The molecular weight excluding hydrogens is 548 g/mol. The molecule has 0 aromatic heterocycles. The number of hydrogen-bond donors (Lipinski definition) is 2. The zero-order valence-electron chi connectivity index (χ0n) is 29.6. The van der Waals surface area contributed by atoms with Crippen molar-refractivity contribution in [1.29, 1.82) is 0 Å². The molecule has 0 bridgehead atoms. The van der Waals surface area contributed by atoms with Crippen LogP contribution in [-0.2, 0) is 21.7 Å². The molecule has 6 heteroatoms. The van der Waals surface area contributed by atoms with E-state index in [1.165, 1.54) is 0 Å². The van der Waals surface area contributed by atoms with E-state index in [1.807, 2.05) is 24.3 Å². The van der Waals surface area contributed by atoms with Gasteiger partial charge in [0.25, 0.3) is 0 Å². The highest BCUT2D eigenvalue weighted by molar-refractivity contribution is 5.97. The Hall–Kier alpha value is -2.70. The molecule has 1 saturated heterocycles. The van der Waals surface area contributed by atoms with E-state index in [-0.39, 0.29) is 33.2 Å². The van der Waals surface area contributed by atoms with Crippen molar-refractivity contribution in [3.05, 3.63) is 57.6 Å². The average molecular weight is 607 g/mol. The molecule has 6 nitrogen and oxygen atoms in total. The Labute approximate surface area is 266 Å². The summed E-state index contributed by atoms with van der Waals surface area (Å²) in [5.41, 5.74) is 3.51. The Morgan fingerprint density at radius 3 is 0.955 bits per heavy atom. The number of nitrogens with zero attached hydrogens (tertiary/aromatic N) is 2. The highest BCUT2D eigenvalue weighted by Gasteiger charge is 2.30. The summed E-state index contributed by atoms with van der Waals surface area (Å²) < 4.78 is 0. The van der Waals surface area contributed by atoms with E-state index in [0.717, 1.165) is 48.4 Å². The summed E-state index contributed by atoms with van der Waals surface area (Å²) in [4.78, 5) is 31.4. The molecule has 0 spiro atoms. The molecule has 2 aromatic rings. The molecule has 3 rings (SSSR count). The summed E-state index contributed by atoms with van der Waals surface area (Å²) >= 11 is 0. The predicted octanol–water partition coefficient (Wildman–Crippen LogP) is 7.75. The third-order valence-corrected chi connectivity index (χ3v) is 8.87. The first-order valence-electron chi connectivity index (χ1n) is 16.3. The standard InChI is InChI=1S/C38H58N2O4/c1-35(2,3)27-21-25(22-28(33(27)43)36(4,5)6)31(41)13-15-39-17-19-40(20-18-39)16-14-32(42)26-23-29(37(7,8)9)34(44)30(24-26)38(10,11)12/h21-24,43-44H,13-20H2,1-12H3. The largest absolute Gasteiger partial charge is 0.507 e. The van der Waals surface area contributed by atoms with Crippen molar-refractivity contribution in [3.63, 3.8) is 0 Å². The molecule has 0 atom stereocenters. The van der Waals surface area contributed by atoms with Crippen molar-refractivity contribution < 1.29 is 19.8 Å². The average Bonchev–Trinajstić information content (AvgIpc) is 2.88. The Balaban J connectivity index is 1.59. The number of ketones is 2. The second-order valence-corrected chi connectivity index (χ2v) is 16.9. The van der Waals surface area contributed by atoms with Crippen molar-refractivity contribution >= 4 is 11.6 Å². The highest BCUT2D eigenvalue weighted by Crippen LogP contribution is 2.41. The second-order valence-electron chi connectivity index (χ2n) is 16.9. The molecule has 244 valence electrons. The SMILES string of the molecule is CC(C)(C)c1cc(C(=O)CCN2CCN(CCC(=O)c3cc(C(C)(C)C)c(O)c(C(C)(C)C)c3)CC2)cc(C(C)(C)C)c1O. The molecule has 1 aliphatic rings. The van der Waals surface area contributed by atoms with Gasteiger partial charge in [-0.05, 0) is 45.9 Å². The smallest absolute Gasteiger partial charge is 0.164 e. The van der Waals surface area contributed by atoms with Crippen molar-refractivity contribution in [2.45, 2.75) is 118 Å². The van der Waals surface area contributed by atoms with Gasteiger partial charge in [-0.1, -0.05) is 83.1 Å². The van der Waals surface area contributed by atoms with E-state index in [1.54, 1.807) is 0 Å². The van der Waals surface area contributed by atoms with E-state index in [4.69, 9.17) is 0 Å². The number of hydrogen-bond acceptors (Lipinski definition) is 6. The fraction of sp³-hybridized carbons (Fsp3) is 0.632. The van der Waals surface area contributed by atoms with Crippen LogP contribution >= 0.6 is 0 Å². The molecule has 44 heavy (non-hydrogen) atoms. The van der Waals surface area contributed by atoms with Gasteiger partial charge in [-0.25, -0.2) is 0 Å². The minimum atomic E-state index is -0.274. The summed E-state index contributed by atoms with van der Waals surface area (Å²) in [7, 11) is 0. The number of phenols is 2. The van der Waals surface area contributed by atoms with Crippen LogP contribution < -0.4 is 0 Å². The Morgan fingerprint density at radius 1 is 0.523 bits per heavy atom. The highest BCUT2D eigenvalue weighted by atomic mass is 16.3. The zero-order valence-corrected chi connectivity index (χ0v) is 29.6. The van der Waals surface area contributed by atoms with Gasteiger partial charge in [0.2, 0.25) is 0 Å². The minimum absolute atomic E-state index is 0.104. The van der Waals surface area contributed by atoms with Gasteiger partial charge >= 0.3 is 0 Å². The number of Topliss-reactive ketones (excluding diaryl/α,β-unsaturated/α-hetero) is 2. The number of carbonyl (C=O) groups is 2. The van der Waals surface area contributed by atoms with Crippen LogP contribution in [0.25, 0.3) is 0 Å². The molecule has 1 heterocycles. The van der Waals surface area contributed by atoms with E-state index >= 15 is 0 Å². The van der Waals surface area contributed by atoms with Crippen molar-refractivity contribution in [2.75, 3.05) is 39.3 Å². The summed E-state index contributed by atoms with van der Waals surface area (Å²) in [6.45, 7) is 29.6. The summed E-state index contributed by atoms with van der Waals surface area (Å²) in [5, 5.41) is 22.0. The van der Waals surface area contributed by atoms with Gasteiger partial charge < -0.3 is 20.0 Å². The Morgan fingerprint density at radius 2 is 0.750 bits per heavy atom. The lowest BCUT2D eigenvalue weighted by atomic mass is 9.78. The molecule has 2 aromatic carbocycles. The molecule has 0 unspecified atom stereocenters. The van der Waals surface area contributed by atoms with Crippen molar-refractivity contribution in [1.82, 2.24) is 9.80 Å². The van der Waals surface area contributed by atoms with Crippen LogP contribution in [0.5, 0.6) is 11.5 Å². The van der Waals surface area contributed by atoms with E-state index in [0.29, 0.717) is 48.6 Å². The molecular formula is C38H58N2O4. The molecule has 1 aliphatic heterocycles. The van der Waals surface area contributed by atoms with E-state index in [2.05, 4.69) is 92.9 Å². The summed E-state index contributed by atoms with van der Waals surface area (Å²) in [5.74, 6) is 0.802. The molecule has 0 aliphatic carbocycles. The lowest BCUT2D eigenvalue weighted by Crippen LogP contribution is -2.47. The molecule has 0 amide bonds.